The lowest BCUT2D eigenvalue weighted by molar-refractivity contribution is 0.0983. The molecule has 4 nitrogen and oxygen atoms in total. The zero-order valence-electron chi connectivity index (χ0n) is 13.9. The SMILES string of the molecule is Cc1cc(C)cc(C(=O)N(c2ccc(Br)cc2)[C@H]2C=CS(=O)(=O)C2)c1. The number of amides is 1. The van der Waals surface area contributed by atoms with E-state index in [0.717, 1.165) is 15.6 Å². The number of hydrogen-bond donors (Lipinski definition) is 0. The summed E-state index contributed by atoms with van der Waals surface area (Å²) in [6, 6.07) is 12.4. The molecule has 1 aliphatic rings. The van der Waals surface area contributed by atoms with Crippen LogP contribution in [0, 0.1) is 13.8 Å². The highest BCUT2D eigenvalue weighted by molar-refractivity contribution is 9.10. The molecule has 0 unspecified atom stereocenters. The maximum Gasteiger partial charge on any atom is 0.258 e. The molecule has 1 heterocycles. The Bertz CT molecular complexity index is 929. The smallest absolute Gasteiger partial charge is 0.258 e. The molecule has 2 aromatic rings. The molecule has 1 amide bonds. The van der Waals surface area contributed by atoms with Crippen molar-refractivity contribution in [2.75, 3.05) is 10.7 Å². The Hall–Kier alpha value is -1.92. The number of carbonyl (C=O) groups is 1. The summed E-state index contributed by atoms with van der Waals surface area (Å²) in [6.07, 6.45) is 1.58. The molecule has 0 saturated heterocycles. The fourth-order valence-electron chi connectivity index (χ4n) is 3.02. The fourth-order valence-corrected chi connectivity index (χ4v) is 4.55. The van der Waals surface area contributed by atoms with Gasteiger partial charge in [-0.2, -0.15) is 0 Å². The third kappa shape index (κ3) is 4.02. The van der Waals surface area contributed by atoms with Crippen LogP contribution in [0.5, 0.6) is 0 Å². The summed E-state index contributed by atoms with van der Waals surface area (Å²) in [4.78, 5) is 14.8. The first kappa shape index (κ1) is 17.9. The van der Waals surface area contributed by atoms with Crippen molar-refractivity contribution >= 4 is 37.4 Å². The molecule has 3 rings (SSSR count). The van der Waals surface area contributed by atoms with E-state index >= 15 is 0 Å². The Labute approximate surface area is 156 Å². The van der Waals surface area contributed by atoms with Gasteiger partial charge in [0.05, 0.1) is 11.8 Å². The van der Waals surface area contributed by atoms with Gasteiger partial charge in [0, 0.05) is 21.1 Å². The van der Waals surface area contributed by atoms with Gasteiger partial charge in [0.25, 0.3) is 5.91 Å². The van der Waals surface area contributed by atoms with Gasteiger partial charge in [-0.1, -0.05) is 33.1 Å². The van der Waals surface area contributed by atoms with Crippen molar-refractivity contribution in [3.05, 3.63) is 75.1 Å². The third-order valence-corrected chi connectivity index (χ3v) is 5.94. The summed E-state index contributed by atoms with van der Waals surface area (Å²) >= 11 is 3.38. The molecule has 2 aromatic carbocycles. The van der Waals surface area contributed by atoms with Crippen LogP contribution in [-0.4, -0.2) is 26.1 Å². The second-order valence-corrected chi connectivity index (χ2v) is 9.10. The predicted molar refractivity (Wildman–Crippen MR) is 104 cm³/mol. The van der Waals surface area contributed by atoms with Gasteiger partial charge in [-0.25, -0.2) is 8.42 Å². The van der Waals surface area contributed by atoms with E-state index in [4.69, 9.17) is 0 Å². The molecule has 6 heteroatoms. The van der Waals surface area contributed by atoms with Crippen molar-refractivity contribution in [3.8, 4) is 0 Å². The van der Waals surface area contributed by atoms with E-state index in [1.54, 1.807) is 11.0 Å². The van der Waals surface area contributed by atoms with Crippen LogP contribution in [0.1, 0.15) is 21.5 Å². The average molecular weight is 420 g/mol. The minimum atomic E-state index is -3.27. The first-order valence-corrected chi connectivity index (χ1v) is 10.3. The van der Waals surface area contributed by atoms with E-state index in [-0.39, 0.29) is 11.7 Å². The predicted octanol–water partition coefficient (Wildman–Crippen LogP) is 4.02. The molecular formula is C19H18BrNO3S. The number of carbonyl (C=O) groups excluding carboxylic acids is 1. The van der Waals surface area contributed by atoms with Gasteiger partial charge in [-0.3, -0.25) is 4.79 Å². The van der Waals surface area contributed by atoms with E-state index in [0.29, 0.717) is 11.3 Å². The van der Waals surface area contributed by atoms with Gasteiger partial charge in [-0.05, 0) is 56.3 Å². The topological polar surface area (TPSA) is 54.5 Å². The van der Waals surface area contributed by atoms with E-state index in [2.05, 4.69) is 15.9 Å². The molecule has 0 saturated carbocycles. The Morgan fingerprint density at radius 2 is 1.68 bits per heavy atom. The Morgan fingerprint density at radius 1 is 1.08 bits per heavy atom. The first-order valence-electron chi connectivity index (χ1n) is 7.83. The third-order valence-electron chi connectivity index (χ3n) is 4.04. The lowest BCUT2D eigenvalue weighted by Crippen LogP contribution is -2.41. The molecule has 25 heavy (non-hydrogen) atoms. The van der Waals surface area contributed by atoms with Crippen molar-refractivity contribution in [3.63, 3.8) is 0 Å². The van der Waals surface area contributed by atoms with Crippen LogP contribution in [0.15, 0.2) is 58.4 Å². The number of halogens is 1. The summed E-state index contributed by atoms with van der Waals surface area (Å²) in [5, 5.41) is 1.19. The zero-order chi connectivity index (χ0) is 18.2. The Kier molecular flexibility index (Phi) is 4.84. The van der Waals surface area contributed by atoms with Crippen molar-refractivity contribution in [1.82, 2.24) is 0 Å². The van der Waals surface area contributed by atoms with E-state index < -0.39 is 15.9 Å². The maximum atomic E-state index is 13.2. The average Bonchev–Trinajstić information content (AvgIpc) is 2.88. The highest BCUT2D eigenvalue weighted by atomic mass is 79.9. The second kappa shape index (κ2) is 6.77. The maximum absolute atomic E-state index is 13.2. The number of benzene rings is 2. The van der Waals surface area contributed by atoms with E-state index in [1.165, 1.54) is 5.41 Å². The normalized spacial score (nSPS) is 18.3. The quantitative estimate of drug-likeness (QED) is 0.754. The molecule has 1 aliphatic heterocycles. The summed E-state index contributed by atoms with van der Waals surface area (Å²) in [5.41, 5.74) is 3.21. The summed E-state index contributed by atoms with van der Waals surface area (Å²) in [5.74, 6) is -0.305. The summed E-state index contributed by atoms with van der Waals surface area (Å²) in [7, 11) is -3.27. The van der Waals surface area contributed by atoms with Gasteiger partial charge < -0.3 is 4.90 Å². The second-order valence-electron chi connectivity index (χ2n) is 6.25. The number of hydrogen-bond acceptors (Lipinski definition) is 3. The highest BCUT2D eigenvalue weighted by Crippen LogP contribution is 2.27. The number of nitrogens with zero attached hydrogens (tertiary/aromatic N) is 1. The van der Waals surface area contributed by atoms with Gasteiger partial charge in [-0.15, -0.1) is 0 Å². The number of aryl methyl sites for hydroxylation is 2. The Morgan fingerprint density at radius 3 is 2.20 bits per heavy atom. The molecule has 0 spiro atoms. The molecule has 0 fully saturated rings. The lowest BCUT2D eigenvalue weighted by atomic mass is 10.1. The number of anilines is 1. The molecule has 0 radical (unpaired) electrons. The Balaban J connectivity index is 2.06. The van der Waals surface area contributed by atoms with Gasteiger partial charge in [0.2, 0.25) is 0 Å². The van der Waals surface area contributed by atoms with Crippen LogP contribution in [-0.2, 0) is 9.84 Å². The summed E-state index contributed by atoms with van der Waals surface area (Å²) < 4.78 is 24.6. The standard InChI is InChI=1S/C19H18BrNO3S/c1-13-9-14(2)11-15(10-13)19(22)21(17-5-3-16(20)4-6-17)18-7-8-25(23,24)12-18/h3-11,18H,12H2,1-2H3/t18-/m0/s1. The summed E-state index contributed by atoms with van der Waals surface area (Å²) in [6.45, 7) is 3.88. The van der Waals surface area contributed by atoms with Crippen molar-refractivity contribution < 1.29 is 13.2 Å². The molecule has 130 valence electrons. The van der Waals surface area contributed by atoms with Crippen LogP contribution in [0.2, 0.25) is 0 Å². The number of rotatable bonds is 3. The molecule has 0 aromatic heterocycles. The lowest BCUT2D eigenvalue weighted by Gasteiger charge is -2.28. The monoisotopic (exact) mass is 419 g/mol. The fraction of sp³-hybridized carbons (Fsp3) is 0.211. The molecular weight excluding hydrogens is 402 g/mol. The van der Waals surface area contributed by atoms with Crippen LogP contribution >= 0.6 is 15.9 Å². The van der Waals surface area contributed by atoms with Crippen LogP contribution in [0.25, 0.3) is 0 Å². The van der Waals surface area contributed by atoms with Crippen molar-refractivity contribution in [1.29, 1.82) is 0 Å². The van der Waals surface area contributed by atoms with Gasteiger partial charge >= 0.3 is 0 Å². The minimum Gasteiger partial charge on any atom is -0.300 e. The highest BCUT2D eigenvalue weighted by Gasteiger charge is 2.32. The largest absolute Gasteiger partial charge is 0.300 e. The van der Waals surface area contributed by atoms with Gasteiger partial charge in [0.1, 0.15) is 0 Å². The molecule has 1 atom stereocenters. The first-order chi connectivity index (χ1) is 11.7. The zero-order valence-corrected chi connectivity index (χ0v) is 16.3. The molecule has 0 aliphatic carbocycles. The van der Waals surface area contributed by atoms with Crippen LogP contribution < -0.4 is 4.90 Å². The van der Waals surface area contributed by atoms with Crippen LogP contribution in [0.3, 0.4) is 0 Å². The minimum absolute atomic E-state index is 0.0976. The van der Waals surface area contributed by atoms with E-state index in [9.17, 15) is 13.2 Å². The number of sulfone groups is 1. The van der Waals surface area contributed by atoms with Crippen LogP contribution in [0.4, 0.5) is 5.69 Å². The van der Waals surface area contributed by atoms with Crippen molar-refractivity contribution in [2.24, 2.45) is 0 Å². The molecule has 0 bridgehead atoms. The van der Waals surface area contributed by atoms with E-state index in [1.807, 2.05) is 56.3 Å². The molecule has 0 N–H and O–H groups in total. The van der Waals surface area contributed by atoms with Gasteiger partial charge in [0.15, 0.2) is 9.84 Å². The van der Waals surface area contributed by atoms with Crippen molar-refractivity contribution in [2.45, 2.75) is 19.9 Å².